The molecule has 1 aliphatic rings. The van der Waals surface area contributed by atoms with E-state index in [0.717, 1.165) is 37.1 Å². The third kappa shape index (κ3) is 4.12. The molecule has 1 saturated heterocycles. The lowest BCUT2D eigenvalue weighted by atomic mass is 10.2. The summed E-state index contributed by atoms with van der Waals surface area (Å²) < 4.78 is 7.52. The van der Waals surface area contributed by atoms with Gasteiger partial charge in [-0.3, -0.25) is 14.4 Å². The normalized spacial score (nSPS) is 17.1. The van der Waals surface area contributed by atoms with Gasteiger partial charge in [-0.25, -0.2) is 0 Å². The third-order valence-corrected chi connectivity index (χ3v) is 3.95. The lowest BCUT2D eigenvalue weighted by Crippen LogP contribution is -2.34. The molecule has 1 fully saturated rings. The topological polar surface area (TPSA) is 59.4 Å². The molecule has 1 aromatic rings. The van der Waals surface area contributed by atoms with Crippen molar-refractivity contribution in [2.45, 2.75) is 13.0 Å². The fourth-order valence-corrected chi connectivity index (χ4v) is 2.84. The molecule has 0 spiro atoms. The Hall–Kier alpha value is -0.760. The van der Waals surface area contributed by atoms with E-state index in [1.54, 1.807) is 18.0 Å². The Balaban J connectivity index is 2.02. The zero-order chi connectivity index (χ0) is 14.4. The maximum absolute atomic E-state index is 12.5. The molecule has 0 amide bonds. The lowest BCUT2D eigenvalue weighted by Gasteiger charge is -2.18. The minimum absolute atomic E-state index is 0.104. The van der Waals surface area contributed by atoms with Gasteiger partial charge in [0.05, 0.1) is 30.4 Å². The highest BCUT2D eigenvalue weighted by Crippen LogP contribution is 2.17. The average Bonchev–Trinajstić information content (AvgIpc) is 2.63. The van der Waals surface area contributed by atoms with E-state index in [-0.39, 0.29) is 5.78 Å². The number of Topliss-reactive ketones (excluding diaryl/α,β-unsaturated/α-hetero) is 1. The van der Waals surface area contributed by atoms with Crippen molar-refractivity contribution < 1.29 is 9.53 Å². The molecule has 1 N–H and O–H groups in total. The van der Waals surface area contributed by atoms with Crippen LogP contribution < -0.4 is 5.32 Å². The Kier molecular flexibility index (Phi) is 6.15. The molecule has 1 aromatic heterocycles. The predicted octanol–water partition coefficient (Wildman–Crippen LogP) is 0.770. The summed E-state index contributed by atoms with van der Waals surface area (Å²) in [4.78, 5) is 14.7. The SMILES string of the molecule is COCCn1ncc(Br)c1C(=O)CN1CCCNCC1. The van der Waals surface area contributed by atoms with E-state index in [9.17, 15) is 4.79 Å². The van der Waals surface area contributed by atoms with E-state index in [1.165, 1.54) is 0 Å². The molecular weight excluding hydrogens is 324 g/mol. The Morgan fingerprint density at radius 2 is 2.35 bits per heavy atom. The van der Waals surface area contributed by atoms with Gasteiger partial charge in [-0.2, -0.15) is 5.10 Å². The van der Waals surface area contributed by atoms with Crippen LogP contribution >= 0.6 is 15.9 Å². The number of carbonyl (C=O) groups is 1. The molecule has 0 aliphatic carbocycles. The first-order chi connectivity index (χ1) is 9.72. The van der Waals surface area contributed by atoms with Crippen LogP contribution in [0.3, 0.4) is 0 Å². The number of halogens is 1. The van der Waals surface area contributed by atoms with Crippen molar-refractivity contribution in [3.8, 4) is 0 Å². The Bertz CT molecular complexity index is 442. The van der Waals surface area contributed by atoms with Crippen molar-refractivity contribution in [1.29, 1.82) is 0 Å². The van der Waals surface area contributed by atoms with Gasteiger partial charge in [-0.15, -0.1) is 0 Å². The lowest BCUT2D eigenvalue weighted by molar-refractivity contribution is 0.0920. The Morgan fingerprint density at radius 3 is 3.15 bits per heavy atom. The molecule has 1 aliphatic heterocycles. The standard InChI is InChI=1S/C13H21BrN4O2/c1-20-8-7-18-13(11(14)9-16-18)12(19)10-17-5-2-3-15-4-6-17/h9,15H,2-8,10H2,1H3. The number of hydrogen-bond acceptors (Lipinski definition) is 5. The summed E-state index contributed by atoms with van der Waals surface area (Å²) in [6.07, 6.45) is 2.75. The van der Waals surface area contributed by atoms with Crippen LogP contribution in [0.1, 0.15) is 16.9 Å². The number of ketones is 1. The van der Waals surface area contributed by atoms with Gasteiger partial charge < -0.3 is 10.1 Å². The van der Waals surface area contributed by atoms with Crippen molar-refractivity contribution in [3.05, 3.63) is 16.4 Å². The average molecular weight is 345 g/mol. The number of ether oxygens (including phenoxy) is 1. The highest BCUT2D eigenvalue weighted by molar-refractivity contribution is 9.10. The molecule has 6 nitrogen and oxygen atoms in total. The number of aromatic nitrogens is 2. The molecule has 0 atom stereocenters. The van der Waals surface area contributed by atoms with Gasteiger partial charge in [-0.05, 0) is 35.4 Å². The van der Waals surface area contributed by atoms with Gasteiger partial charge in [0.15, 0.2) is 5.78 Å². The van der Waals surface area contributed by atoms with E-state index >= 15 is 0 Å². The second kappa shape index (κ2) is 7.87. The Labute approximate surface area is 127 Å². The summed E-state index contributed by atoms with van der Waals surface area (Å²) in [5.41, 5.74) is 0.638. The van der Waals surface area contributed by atoms with E-state index in [2.05, 4.69) is 31.2 Å². The van der Waals surface area contributed by atoms with Crippen LogP contribution in [0.15, 0.2) is 10.7 Å². The zero-order valence-electron chi connectivity index (χ0n) is 11.8. The molecule has 112 valence electrons. The maximum atomic E-state index is 12.5. The Morgan fingerprint density at radius 1 is 1.50 bits per heavy atom. The number of carbonyl (C=O) groups excluding carboxylic acids is 1. The molecule has 7 heteroatoms. The minimum Gasteiger partial charge on any atom is -0.383 e. The summed E-state index contributed by atoms with van der Waals surface area (Å²) in [6.45, 7) is 5.42. The second-order valence-corrected chi connectivity index (χ2v) is 5.71. The molecule has 2 heterocycles. The molecular formula is C13H21BrN4O2. The molecule has 20 heavy (non-hydrogen) atoms. The number of rotatable bonds is 6. The van der Waals surface area contributed by atoms with Gasteiger partial charge in [-0.1, -0.05) is 0 Å². The van der Waals surface area contributed by atoms with Crippen LogP contribution in [-0.2, 0) is 11.3 Å². The van der Waals surface area contributed by atoms with Gasteiger partial charge in [0.1, 0.15) is 5.69 Å². The van der Waals surface area contributed by atoms with Crippen molar-refractivity contribution in [1.82, 2.24) is 20.0 Å². The summed E-state index contributed by atoms with van der Waals surface area (Å²) >= 11 is 3.41. The van der Waals surface area contributed by atoms with Crippen molar-refractivity contribution in [2.75, 3.05) is 46.4 Å². The molecule has 0 saturated carbocycles. The fraction of sp³-hybridized carbons (Fsp3) is 0.692. The quantitative estimate of drug-likeness (QED) is 0.772. The molecule has 0 radical (unpaired) electrons. The third-order valence-electron chi connectivity index (χ3n) is 3.37. The van der Waals surface area contributed by atoms with Crippen LogP contribution in [-0.4, -0.2) is 66.9 Å². The highest BCUT2D eigenvalue weighted by Gasteiger charge is 2.20. The fourth-order valence-electron chi connectivity index (χ4n) is 2.32. The zero-order valence-corrected chi connectivity index (χ0v) is 13.4. The van der Waals surface area contributed by atoms with Crippen LogP contribution in [0.25, 0.3) is 0 Å². The summed E-state index contributed by atoms with van der Waals surface area (Å²) in [5, 5.41) is 7.56. The summed E-state index contributed by atoms with van der Waals surface area (Å²) in [7, 11) is 1.64. The van der Waals surface area contributed by atoms with Crippen molar-refractivity contribution in [2.24, 2.45) is 0 Å². The van der Waals surface area contributed by atoms with Crippen LogP contribution in [0.2, 0.25) is 0 Å². The van der Waals surface area contributed by atoms with E-state index < -0.39 is 0 Å². The van der Waals surface area contributed by atoms with Gasteiger partial charge in [0.25, 0.3) is 0 Å². The smallest absolute Gasteiger partial charge is 0.195 e. The molecule has 0 unspecified atom stereocenters. The summed E-state index contributed by atoms with van der Waals surface area (Å²) in [5.74, 6) is 0.104. The molecule has 2 rings (SSSR count). The molecule has 0 bridgehead atoms. The predicted molar refractivity (Wildman–Crippen MR) is 80.1 cm³/mol. The first-order valence-electron chi connectivity index (χ1n) is 6.89. The van der Waals surface area contributed by atoms with Crippen LogP contribution in [0.5, 0.6) is 0 Å². The summed E-state index contributed by atoms with van der Waals surface area (Å²) in [6, 6.07) is 0. The van der Waals surface area contributed by atoms with Gasteiger partial charge in [0, 0.05) is 20.2 Å². The van der Waals surface area contributed by atoms with E-state index in [4.69, 9.17) is 4.74 Å². The minimum atomic E-state index is 0.104. The number of hydrogen-bond donors (Lipinski definition) is 1. The monoisotopic (exact) mass is 344 g/mol. The second-order valence-electron chi connectivity index (χ2n) is 4.86. The van der Waals surface area contributed by atoms with Crippen molar-refractivity contribution in [3.63, 3.8) is 0 Å². The van der Waals surface area contributed by atoms with E-state index in [1.807, 2.05) is 0 Å². The van der Waals surface area contributed by atoms with Crippen molar-refractivity contribution >= 4 is 21.7 Å². The van der Waals surface area contributed by atoms with Gasteiger partial charge >= 0.3 is 0 Å². The number of nitrogens with one attached hydrogen (secondary N) is 1. The van der Waals surface area contributed by atoms with Crippen LogP contribution in [0.4, 0.5) is 0 Å². The first-order valence-corrected chi connectivity index (χ1v) is 7.68. The first kappa shape index (κ1) is 15.6. The molecule has 0 aromatic carbocycles. The van der Waals surface area contributed by atoms with Crippen LogP contribution in [0, 0.1) is 0 Å². The highest BCUT2D eigenvalue weighted by atomic mass is 79.9. The van der Waals surface area contributed by atoms with Gasteiger partial charge in [0.2, 0.25) is 0 Å². The number of methoxy groups -OCH3 is 1. The number of nitrogens with zero attached hydrogens (tertiary/aromatic N) is 3. The maximum Gasteiger partial charge on any atom is 0.195 e. The van der Waals surface area contributed by atoms with E-state index in [0.29, 0.717) is 25.4 Å². The largest absolute Gasteiger partial charge is 0.383 e.